The molecule has 1 aliphatic heterocycles. The van der Waals surface area contributed by atoms with Crippen LogP contribution in [0, 0.1) is 0 Å². The summed E-state index contributed by atoms with van der Waals surface area (Å²) in [4.78, 5) is 12.9. The molecule has 0 aromatic carbocycles. The topological polar surface area (TPSA) is 90.7 Å². The lowest BCUT2D eigenvalue weighted by molar-refractivity contribution is -0.177. The van der Waals surface area contributed by atoms with Crippen LogP contribution >= 0.6 is 0 Å². The number of anilines is 1. The number of halogens is 3. The number of carbonyl (C=O) groups is 1. The molecular formula is C22H35F3N2O5S. The Morgan fingerprint density at radius 1 is 1.30 bits per heavy atom. The van der Waals surface area contributed by atoms with Crippen LogP contribution in [0.15, 0.2) is 10.6 Å². The van der Waals surface area contributed by atoms with Crippen molar-refractivity contribution in [1.82, 2.24) is 5.16 Å². The van der Waals surface area contributed by atoms with Crippen LogP contribution in [0.1, 0.15) is 70.9 Å². The Bertz CT molecular complexity index is 860. The second-order valence-electron chi connectivity index (χ2n) is 9.87. The summed E-state index contributed by atoms with van der Waals surface area (Å²) in [5.74, 6) is -0.616. The number of ether oxygens (including phenoxy) is 2. The van der Waals surface area contributed by atoms with E-state index in [0.717, 1.165) is 38.5 Å². The van der Waals surface area contributed by atoms with Crippen LogP contribution in [0.2, 0.25) is 0 Å². The molecule has 2 aliphatic rings. The maximum Gasteiger partial charge on any atom is 0.389 e. The van der Waals surface area contributed by atoms with Gasteiger partial charge in [-0.05, 0) is 58.6 Å². The van der Waals surface area contributed by atoms with E-state index in [1.165, 1.54) is 20.1 Å². The standard InChI is InChI=1S/C22H35F3N2O5S/c1-20(2,33(3,29)13-7-11-22(23,24)25)19(28)26-17-14-16(27-32-17)21(9-6-10-21)15-31-18-8-4-5-12-30-18/h14,18,33H,4-13,15H2,1-3H3,(H,26,28). The number of hydrogen-bond donors (Lipinski definition) is 2. The number of carbonyl (C=O) groups excluding carboxylic acids is 1. The first-order chi connectivity index (χ1) is 15.3. The molecule has 33 heavy (non-hydrogen) atoms. The van der Waals surface area contributed by atoms with Crippen molar-refractivity contribution in [3.63, 3.8) is 0 Å². The molecule has 1 unspecified atom stereocenters. The highest BCUT2D eigenvalue weighted by Crippen LogP contribution is 2.44. The van der Waals surface area contributed by atoms with Gasteiger partial charge in [-0.25, -0.2) is 0 Å². The van der Waals surface area contributed by atoms with E-state index in [4.69, 9.17) is 14.0 Å². The minimum absolute atomic E-state index is 0.124. The minimum Gasteiger partial charge on any atom is -0.353 e. The molecule has 11 heteroatoms. The number of rotatable bonds is 10. The third-order valence-electron chi connectivity index (χ3n) is 7.07. The molecule has 1 aromatic rings. The van der Waals surface area contributed by atoms with Gasteiger partial charge in [0, 0.05) is 30.3 Å². The predicted molar refractivity (Wildman–Crippen MR) is 120 cm³/mol. The van der Waals surface area contributed by atoms with E-state index in [1.807, 2.05) is 0 Å². The SMILES string of the molecule is CC(C)(C(=O)Nc1cc(C2(COC3CCCCO3)CCC2)no1)[SH](C)(=O)CCCC(F)(F)F. The fourth-order valence-corrected chi connectivity index (χ4v) is 5.90. The van der Waals surface area contributed by atoms with Gasteiger partial charge >= 0.3 is 6.18 Å². The normalized spacial score (nSPS) is 21.9. The molecule has 7 nitrogen and oxygen atoms in total. The largest absolute Gasteiger partial charge is 0.389 e. The summed E-state index contributed by atoms with van der Waals surface area (Å²) in [5.41, 5.74) is 0.392. The average Bonchev–Trinajstić information content (AvgIpc) is 3.15. The molecule has 0 radical (unpaired) electrons. The van der Waals surface area contributed by atoms with Crippen LogP contribution in [-0.2, 0) is 29.6 Å². The number of alkyl halides is 3. The van der Waals surface area contributed by atoms with Crippen LogP contribution in [0.25, 0.3) is 0 Å². The molecule has 190 valence electrons. The summed E-state index contributed by atoms with van der Waals surface area (Å²) in [6.07, 6.45) is 1.33. The van der Waals surface area contributed by atoms with E-state index in [2.05, 4.69) is 10.5 Å². The third kappa shape index (κ3) is 6.36. The van der Waals surface area contributed by atoms with Gasteiger partial charge in [-0.3, -0.25) is 14.3 Å². The minimum atomic E-state index is -4.31. The van der Waals surface area contributed by atoms with Gasteiger partial charge in [-0.2, -0.15) is 13.2 Å². The molecule has 1 amide bonds. The summed E-state index contributed by atoms with van der Waals surface area (Å²) in [6.45, 7) is 4.12. The number of amides is 1. The Morgan fingerprint density at radius 2 is 2.03 bits per heavy atom. The van der Waals surface area contributed by atoms with Crippen molar-refractivity contribution < 1.29 is 36.2 Å². The second-order valence-corrected chi connectivity index (χ2v) is 13.6. The Labute approximate surface area is 193 Å². The monoisotopic (exact) mass is 496 g/mol. The van der Waals surface area contributed by atoms with Crippen LogP contribution < -0.4 is 5.32 Å². The first-order valence-corrected chi connectivity index (χ1v) is 13.8. The van der Waals surface area contributed by atoms with Crippen LogP contribution in [-0.4, -0.2) is 57.7 Å². The Hall–Kier alpha value is -1.46. The third-order valence-corrected chi connectivity index (χ3v) is 10.8. The van der Waals surface area contributed by atoms with Crippen molar-refractivity contribution in [2.45, 2.75) is 87.8 Å². The molecule has 3 rings (SSSR count). The highest BCUT2D eigenvalue weighted by Gasteiger charge is 2.44. The summed E-state index contributed by atoms with van der Waals surface area (Å²) >= 11 is 0. The van der Waals surface area contributed by atoms with Gasteiger partial charge < -0.3 is 14.0 Å². The first-order valence-electron chi connectivity index (χ1n) is 11.5. The lowest BCUT2D eigenvalue weighted by Gasteiger charge is -2.40. The number of aromatic nitrogens is 1. The van der Waals surface area contributed by atoms with E-state index < -0.39 is 33.2 Å². The highest BCUT2D eigenvalue weighted by molar-refractivity contribution is 8.04. The smallest absolute Gasteiger partial charge is 0.353 e. The van der Waals surface area contributed by atoms with Crippen LogP contribution in [0.4, 0.5) is 19.1 Å². The molecule has 1 atom stereocenters. The summed E-state index contributed by atoms with van der Waals surface area (Å²) in [6, 6.07) is 1.66. The van der Waals surface area contributed by atoms with Crippen LogP contribution in [0.5, 0.6) is 0 Å². The van der Waals surface area contributed by atoms with Gasteiger partial charge in [-0.15, -0.1) is 0 Å². The molecular weight excluding hydrogens is 461 g/mol. The van der Waals surface area contributed by atoms with Gasteiger partial charge in [0.1, 0.15) is 0 Å². The molecule has 0 spiro atoms. The van der Waals surface area contributed by atoms with Crippen molar-refractivity contribution in [2.24, 2.45) is 0 Å². The van der Waals surface area contributed by atoms with E-state index >= 15 is 0 Å². The number of nitrogens with zero attached hydrogens (tertiary/aromatic N) is 1. The quantitative estimate of drug-likeness (QED) is 0.468. The fraction of sp³-hybridized carbons (Fsp3) is 0.818. The van der Waals surface area contributed by atoms with E-state index in [0.29, 0.717) is 18.9 Å². The number of thiol groups is 1. The van der Waals surface area contributed by atoms with Gasteiger partial charge in [-0.1, -0.05) is 21.5 Å². The maximum absolute atomic E-state index is 13.1. The lowest BCUT2D eigenvalue weighted by Crippen LogP contribution is -2.49. The summed E-state index contributed by atoms with van der Waals surface area (Å²) in [5, 5.41) is 6.76. The molecule has 1 aromatic heterocycles. The molecule has 2 fully saturated rings. The zero-order valence-electron chi connectivity index (χ0n) is 19.5. The van der Waals surface area contributed by atoms with Crippen molar-refractivity contribution in [3.05, 3.63) is 11.8 Å². The maximum atomic E-state index is 13.1. The van der Waals surface area contributed by atoms with Crippen LogP contribution in [0.3, 0.4) is 0 Å². The van der Waals surface area contributed by atoms with Gasteiger partial charge in [0.25, 0.3) is 0 Å². The van der Waals surface area contributed by atoms with E-state index in [9.17, 15) is 22.2 Å². The molecule has 2 heterocycles. The molecule has 1 N–H and O–H groups in total. The van der Waals surface area contributed by atoms with Gasteiger partial charge in [0.2, 0.25) is 11.8 Å². The molecule has 1 aliphatic carbocycles. The lowest BCUT2D eigenvalue weighted by atomic mass is 9.67. The van der Waals surface area contributed by atoms with Crippen molar-refractivity contribution in [3.8, 4) is 0 Å². The van der Waals surface area contributed by atoms with Gasteiger partial charge in [0.15, 0.2) is 6.29 Å². The summed E-state index contributed by atoms with van der Waals surface area (Å²) < 4.78 is 66.1. The zero-order chi connectivity index (χ0) is 24.3. The average molecular weight is 497 g/mol. The Kier molecular flexibility index (Phi) is 7.95. The Balaban J connectivity index is 1.60. The summed E-state index contributed by atoms with van der Waals surface area (Å²) in [7, 11) is -3.23. The second kappa shape index (κ2) is 10.0. The zero-order valence-corrected chi connectivity index (χ0v) is 20.4. The highest BCUT2D eigenvalue weighted by atomic mass is 32.2. The number of nitrogens with one attached hydrogen (secondary N) is 1. The Morgan fingerprint density at radius 3 is 2.61 bits per heavy atom. The van der Waals surface area contributed by atoms with Crippen molar-refractivity contribution in [1.29, 1.82) is 0 Å². The van der Waals surface area contributed by atoms with Gasteiger partial charge in [0.05, 0.1) is 17.0 Å². The predicted octanol–water partition coefficient (Wildman–Crippen LogP) is 4.35. The van der Waals surface area contributed by atoms with E-state index in [-0.39, 0.29) is 29.8 Å². The molecule has 1 saturated heterocycles. The molecule has 1 saturated carbocycles. The first kappa shape index (κ1) is 26.2. The van der Waals surface area contributed by atoms with Crippen molar-refractivity contribution in [2.75, 3.05) is 30.5 Å². The fourth-order valence-electron chi connectivity index (χ4n) is 4.10. The van der Waals surface area contributed by atoms with E-state index in [1.54, 1.807) is 6.07 Å². The van der Waals surface area contributed by atoms with Crippen molar-refractivity contribution >= 4 is 21.7 Å². The number of hydrogen-bond acceptors (Lipinski definition) is 6. The molecule has 0 bridgehead atoms.